The zero-order chi connectivity index (χ0) is 20.1. The molecule has 4 rings (SSSR count). The molecule has 4 aromatic rings. The van der Waals surface area contributed by atoms with Gasteiger partial charge in [-0.15, -0.1) is 11.3 Å². The van der Waals surface area contributed by atoms with Crippen LogP contribution in [0, 0.1) is 5.82 Å². The van der Waals surface area contributed by atoms with E-state index < -0.39 is 5.97 Å². The van der Waals surface area contributed by atoms with Gasteiger partial charge in [0.15, 0.2) is 5.69 Å². The second kappa shape index (κ2) is 8.74. The van der Waals surface area contributed by atoms with Crippen molar-refractivity contribution in [1.82, 2.24) is 15.0 Å². The van der Waals surface area contributed by atoms with Crippen molar-refractivity contribution in [3.8, 4) is 16.5 Å². The second-order valence-corrected chi connectivity index (χ2v) is 7.06. The average molecular weight is 409 g/mol. The van der Waals surface area contributed by atoms with Gasteiger partial charge in [-0.3, -0.25) is 0 Å². The Labute approximate surface area is 170 Å². The van der Waals surface area contributed by atoms with Crippen molar-refractivity contribution in [2.24, 2.45) is 0 Å². The van der Waals surface area contributed by atoms with Crippen LogP contribution in [0.25, 0.3) is 20.9 Å². The minimum absolute atomic E-state index is 0.131. The first kappa shape index (κ1) is 18.9. The van der Waals surface area contributed by atoms with Crippen molar-refractivity contribution in [1.29, 1.82) is 0 Å². The number of hydrogen-bond acceptors (Lipinski definition) is 7. The molecule has 0 fully saturated rings. The molecule has 0 amide bonds. The summed E-state index contributed by atoms with van der Waals surface area (Å²) in [5.41, 5.74) is 1.38. The molecule has 146 valence electrons. The summed E-state index contributed by atoms with van der Waals surface area (Å²) in [4.78, 5) is 25.5. The maximum atomic E-state index is 12.9. The number of carbonyl (C=O) groups excluding carboxylic acids is 1. The van der Waals surface area contributed by atoms with Gasteiger partial charge in [-0.1, -0.05) is 12.1 Å². The molecule has 0 aliphatic carbocycles. The van der Waals surface area contributed by atoms with E-state index in [1.54, 1.807) is 12.1 Å². The lowest BCUT2D eigenvalue weighted by molar-refractivity contribution is 0.0479. The average Bonchev–Trinajstić information content (AvgIpc) is 3.19. The third kappa shape index (κ3) is 4.55. The molecule has 2 aromatic carbocycles. The number of benzene rings is 2. The molecule has 0 saturated carbocycles. The third-order valence-electron chi connectivity index (χ3n) is 3.99. The van der Waals surface area contributed by atoms with Gasteiger partial charge in [-0.25, -0.2) is 24.1 Å². The number of ether oxygens (including phenoxy) is 2. The lowest BCUT2D eigenvalue weighted by atomic mass is 10.3. The van der Waals surface area contributed by atoms with E-state index in [-0.39, 0.29) is 18.1 Å². The molecule has 0 unspecified atom stereocenters. The summed E-state index contributed by atoms with van der Waals surface area (Å²) in [6, 6.07) is 13.5. The highest BCUT2D eigenvalue weighted by molar-refractivity contribution is 7.21. The van der Waals surface area contributed by atoms with Gasteiger partial charge in [0.2, 0.25) is 0 Å². The molecule has 0 bridgehead atoms. The van der Waals surface area contributed by atoms with Crippen LogP contribution in [0.3, 0.4) is 0 Å². The Morgan fingerprint density at radius 3 is 2.62 bits per heavy atom. The van der Waals surface area contributed by atoms with Crippen LogP contribution in [0.15, 0.2) is 60.9 Å². The van der Waals surface area contributed by atoms with E-state index >= 15 is 0 Å². The summed E-state index contributed by atoms with van der Waals surface area (Å²) >= 11 is 1.44. The first-order valence-electron chi connectivity index (χ1n) is 8.93. The molecule has 8 heteroatoms. The van der Waals surface area contributed by atoms with Crippen LogP contribution in [0.2, 0.25) is 0 Å². The van der Waals surface area contributed by atoms with Gasteiger partial charge in [0.1, 0.15) is 22.3 Å². The Morgan fingerprint density at radius 1 is 1.00 bits per heavy atom. The summed E-state index contributed by atoms with van der Waals surface area (Å²) in [6.07, 6.45) is 3.46. The van der Waals surface area contributed by atoms with Gasteiger partial charge in [-0.05, 0) is 36.4 Å². The Morgan fingerprint density at radius 2 is 1.79 bits per heavy atom. The van der Waals surface area contributed by atoms with Crippen LogP contribution in [0.4, 0.5) is 4.39 Å². The fourth-order valence-corrected chi connectivity index (χ4v) is 3.59. The van der Waals surface area contributed by atoms with Crippen molar-refractivity contribution in [2.45, 2.75) is 6.42 Å². The highest BCUT2D eigenvalue weighted by Crippen LogP contribution is 2.30. The number of para-hydroxylation sites is 1. The van der Waals surface area contributed by atoms with Crippen LogP contribution in [0.1, 0.15) is 16.9 Å². The first-order chi connectivity index (χ1) is 14.2. The monoisotopic (exact) mass is 409 g/mol. The minimum atomic E-state index is -0.561. The SMILES string of the molecule is O=C(OCCCOc1ccc(F)cc1)c1nccnc1-c1nc2ccccc2s1. The maximum Gasteiger partial charge on any atom is 0.359 e. The highest BCUT2D eigenvalue weighted by Gasteiger charge is 2.20. The van der Waals surface area contributed by atoms with Crippen LogP contribution < -0.4 is 4.74 Å². The molecule has 29 heavy (non-hydrogen) atoms. The number of carbonyl (C=O) groups is 1. The third-order valence-corrected chi connectivity index (χ3v) is 5.04. The Kier molecular flexibility index (Phi) is 5.71. The van der Waals surface area contributed by atoms with E-state index in [1.165, 1.54) is 35.9 Å². The standard InChI is InChI=1S/C21H16FN3O3S/c22-14-6-8-15(9-7-14)27-12-3-13-28-21(26)19-18(23-10-11-24-19)20-25-16-4-1-2-5-17(16)29-20/h1-2,4-11H,3,12-13H2. The fraction of sp³-hybridized carbons (Fsp3) is 0.143. The van der Waals surface area contributed by atoms with Gasteiger partial charge >= 0.3 is 5.97 Å². The van der Waals surface area contributed by atoms with E-state index in [4.69, 9.17) is 9.47 Å². The lowest BCUT2D eigenvalue weighted by Gasteiger charge is -2.08. The molecule has 0 saturated heterocycles. The van der Waals surface area contributed by atoms with Crippen LogP contribution in [-0.4, -0.2) is 34.1 Å². The first-order valence-corrected chi connectivity index (χ1v) is 9.75. The van der Waals surface area contributed by atoms with E-state index in [2.05, 4.69) is 15.0 Å². The lowest BCUT2D eigenvalue weighted by Crippen LogP contribution is -2.12. The van der Waals surface area contributed by atoms with Crippen molar-refractivity contribution < 1.29 is 18.7 Å². The summed E-state index contributed by atoms with van der Waals surface area (Å²) in [6.45, 7) is 0.500. The maximum absolute atomic E-state index is 12.9. The van der Waals surface area contributed by atoms with E-state index in [0.717, 1.165) is 10.2 Å². The summed E-state index contributed by atoms with van der Waals surface area (Å²) in [5.74, 6) is -0.321. The molecular weight excluding hydrogens is 393 g/mol. The summed E-state index contributed by atoms with van der Waals surface area (Å²) in [7, 11) is 0. The summed E-state index contributed by atoms with van der Waals surface area (Å²) in [5, 5.41) is 0.617. The van der Waals surface area contributed by atoms with Crippen LogP contribution in [-0.2, 0) is 4.74 Å². The number of aromatic nitrogens is 3. The van der Waals surface area contributed by atoms with E-state index in [1.807, 2.05) is 24.3 Å². The smallest absolute Gasteiger partial charge is 0.359 e. The van der Waals surface area contributed by atoms with Crippen molar-refractivity contribution >= 4 is 27.5 Å². The van der Waals surface area contributed by atoms with E-state index in [9.17, 15) is 9.18 Å². The second-order valence-electron chi connectivity index (χ2n) is 6.03. The molecule has 0 spiro atoms. The molecule has 2 heterocycles. The zero-order valence-corrected chi connectivity index (χ0v) is 16.1. The van der Waals surface area contributed by atoms with Gasteiger partial charge in [-0.2, -0.15) is 0 Å². The van der Waals surface area contributed by atoms with Crippen LogP contribution in [0.5, 0.6) is 5.75 Å². The topological polar surface area (TPSA) is 74.2 Å². The molecule has 0 atom stereocenters. The van der Waals surface area contributed by atoms with Gasteiger partial charge in [0.05, 0.1) is 23.4 Å². The minimum Gasteiger partial charge on any atom is -0.493 e. The van der Waals surface area contributed by atoms with Crippen molar-refractivity contribution in [2.75, 3.05) is 13.2 Å². The Hall–Kier alpha value is -3.39. The van der Waals surface area contributed by atoms with Crippen molar-refractivity contribution in [3.63, 3.8) is 0 Å². The highest BCUT2D eigenvalue weighted by atomic mass is 32.1. The number of rotatable bonds is 7. The number of thiazole rings is 1. The fourth-order valence-electron chi connectivity index (χ4n) is 2.63. The molecule has 0 radical (unpaired) electrons. The number of fused-ring (bicyclic) bond motifs is 1. The quantitative estimate of drug-likeness (QED) is 0.330. The molecule has 0 aliphatic rings. The predicted octanol–water partition coefficient (Wildman–Crippen LogP) is 4.52. The van der Waals surface area contributed by atoms with Crippen LogP contribution >= 0.6 is 11.3 Å². The predicted molar refractivity (Wildman–Crippen MR) is 107 cm³/mol. The Bertz CT molecular complexity index is 1100. The molecular formula is C21H16FN3O3S. The number of esters is 1. The Balaban J connectivity index is 1.37. The number of nitrogens with zero attached hydrogens (tertiary/aromatic N) is 3. The normalized spacial score (nSPS) is 10.8. The summed E-state index contributed by atoms with van der Waals surface area (Å²) < 4.78 is 24.7. The molecule has 2 aromatic heterocycles. The van der Waals surface area contributed by atoms with Gasteiger partial charge in [0, 0.05) is 18.8 Å². The van der Waals surface area contributed by atoms with Gasteiger partial charge in [0.25, 0.3) is 0 Å². The van der Waals surface area contributed by atoms with E-state index in [0.29, 0.717) is 29.5 Å². The zero-order valence-electron chi connectivity index (χ0n) is 15.2. The molecule has 0 N–H and O–H groups in total. The molecule has 6 nitrogen and oxygen atoms in total. The number of hydrogen-bond donors (Lipinski definition) is 0. The van der Waals surface area contributed by atoms with Crippen molar-refractivity contribution in [3.05, 3.63) is 72.4 Å². The molecule has 0 aliphatic heterocycles. The largest absolute Gasteiger partial charge is 0.493 e. The number of halogens is 1. The van der Waals surface area contributed by atoms with Gasteiger partial charge < -0.3 is 9.47 Å².